The highest BCUT2D eigenvalue weighted by Crippen LogP contribution is 2.36. The molecule has 1 heterocycles. The van der Waals surface area contributed by atoms with Crippen molar-refractivity contribution < 1.29 is 4.39 Å². The van der Waals surface area contributed by atoms with E-state index in [-0.39, 0.29) is 11.2 Å². The van der Waals surface area contributed by atoms with Crippen LogP contribution in [0.15, 0.2) is 18.5 Å². The molecule has 0 saturated heterocycles. The van der Waals surface area contributed by atoms with Crippen LogP contribution in [-0.2, 0) is 6.54 Å². The lowest BCUT2D eigenvalue weighted by molar-refractivity contribution is 0.212. The maximum Gasteiger partial charge on any atom is 0.141 e. The number of rotatable bonds is 5. The molecule has 0 amide bonds. The van der Waals surface area contributed by atoms with Gasteiger partial charge in [-0.2, -0.15) is 0 Å². The molecule has 0 spiro atoms. The van der Waals surface area contributed by atoms with E-state index in [4.69, 9.17) is 11.6 Å². The second kappa shape index (κ2) is 6.48. The van der Waals surface area contributed by atoms with E-state index in [2.05, 4.69) is 10.3 Å². The van der Waals surface area contributed by atoms with Gasteiger partial charge in [-0.05, 0) is 29.9 Å². The van der Waals surface area contributed by atoms with E-state index in [1.165, 1.54) is 44.4 Å². The molecule has 1 saturated carbocycles. The summed E-state index contributed by atoms with van der Waals surface area (Å²) in [6.07, 6.45) is 9.20. The van der Waals surface area contributed by atoms with Gasteiger partial charge in [-0.15, -0.1) is 11.6 Å². The molecule has 0 radical (unpaired) electrons. The average Bonchev–Trinajstić information content (AvgIpc) is 2.40. The summed E-state index contributed by atoms with van der Waals surface area (Å²) in [5.41, 5.74) is 1.12. The van der Waals surface area contributed by atoms with E-state index in [9.17, 15) is 4.39 Å². The largest absolute Gasteiger partial charge is 0.312 e. The van der Waals surface area contributed by atoms with Crippen molar-refractivity contribution in [2.45, 2.75) is 38.6 Å². The molecule has 2 rings (SSSR count). The minimum Gasteiger partial charge on any atom is -0.312 e. The number of hydrogen-bond donors (Lipinski definition) is 1. The van der Waals surface area contributed by atoms with Crippen LogP contribution in [0, 0.1) is 11.2 Å². The maximum atomic E-state index is 13.0. The minimum absolute atomic E-state index is 0.237. The molecule has 1 fully saturated rings. The molecule has 0 aliphatic heterocycles. The van der Waals surface area contributed by atoms with Gasteiger partial charge in [0.05, 0.1) is 6.20 Å². The highest BCUT2D eigenvalue weighted by molar-refractivity contribution is 6.18. The third-order valence-corrected chi connectivity index (χ3v) is 4.36. The Labute approximate surface area is 113 Å². The van der Waals surface area contributed by atoms with Gasteiger partial charge in [0.15, 0.2) is 0 Å². The minimum atomic E-state index is -0.279. The van der Waals surface area contributed by atoms with Crippen molar-refractivity contribution in [1.29, 1.82) is 0 Å². The molecular formula is C14H20ClFN2. The van der Waals surface area contributed by atoms with Crippen molar-refractivity contribution in [2.24, 2.45) is 5.41 Å². The van der Waals surface area contributed by atoms with Gasteiger partial charge >= 0.3 is 0 Å². The van der Waals surface area contributed by atoms with Crippen molar-refractivity contribution in [3.05, 3.63) is 29.8 Å². The van der Waals surface area contributed by atoms with Gasteiger partial charge < -0.3 is 5.32 Å². The average molecular weight is 271 g/mol. The third-order valence-electron chi connectivity index (χ3n) is 3.79. The molecular weight excluding hydrogens is 251 g/mol. The zero-order valence-corrected chi connectivity index (χ0v) is 11.3. The summed E-state index contributed by atoms with van der Waals surface area (Å²) in [5, 5.41) is 3.40. The highest BCUT2D eigenvalue weighted by Gasteiger charge is 2.30. The predicted octanol–water partition coefficient (Wildman–Crippen LogP) is 3.50. The zero-order chi connectivity index (χ0) is 12.8. The molecule has 18 heavy (non-hydrogen) atoms. The number of pyridine rings is 1. The van der Waals surface area contributed by atoms with E-state index >= 15 is 0 Å². The van der Waals surface area contributed by atoms with E-state index in [0.29, 0.717) is 12.4 Å². The summed E-state index contributed by atoms with van der Waals surface area (Å²) in [5.74, 6) is 0.431. The van der Waals surface area contributed by atoms with Crippen molar-refractivity contribution in [3.63, 3.8) is 0 Å². The summed E-state index contributed by atoms with van der Waals surface area (Å²) in [6.45, 7) is 1.57. The fraction of sp³-hybridized carbons (Fsp3) is 0.643. The number of halogens is 2. The normalized spacial score (nSPS) is 18.8. The SMILES string of the molecule is Fc1cncc(CNCC2(CCl)CCCCC2)c1. The van der Waals surface area contributed by atoms with E-state index in [1.807, 2.05) is 0 Å². The first kappa shape index (κ1) is 13.8. The van der Waals surface area contributed by atoms with E-state index < -0.39 is 0 Å². The second-order valence-electron chi connectivity index (χ2n) is 5.31. The maximum absolute atomic E-state index is 13.0. The van der Waals surface area contributed by atoms with Gasteiger partial charge in [-0.3, -0.25) is 4.98 Å². The molecule has 1 aliphatic carbocycles. The van der Waals surface area contributed by atoms with Gasteiger partial charge in [0, 0.05) is 25.2 Å². The van der Waals surface area contributed by atoms with Crippen LogP contribution in [0.2, 0.25) is 0 Å². The van der Waals surface area contributed by atoms with Crippen molar-refractivity contribution in [2.75, 3.05) is 12.4 Å². The fourth-order valence-electron chi connectivity index (χ4n) is 2.68. The van der Waals surface area contributed by atoms with Gasteiger partial charge in [-0.1, -0.05) is 19.3 Å². The van der Waals surface area contributed by atoms with Gasteiger partial charge in [0.25, 0.3) is 0 Å². The van der Waals surface area contributed by atoms with Gasteiger partial charge in [0.2, 0.25) is 0 Å². The Morgan fingerprint density at radius 2 is 2.06 bits per heavy atom. The monoisotopic (exact) mass is 270 g/mol. The lowest BCUT2D eigenvalue weighted by atomic mass is 9.75. The molecule has 0 unspecified atom stereocenters. The Hall–Kier alpha value is -0.670. The van der Waals surface area contributed by atoms with Crippen LogP contribution in [-0.4, -0.2) is 17.4 Å². The summed E-state index contributed by atoms with van der Waals surface area (Å²) < 4.78 is 13.0. The first-order valence-corrected chi connectivity index (χ1v) is 7.14. The van der Waals surface area contributed by atoms with Crippen molar-refractivity contribution in [1.82, 2.24) is 10.3 Å². The number of aromatic nitrogens is 1. The van der Waals surface area contributed by atoms with Crippen LogP contribution in [0.25, 0.3) is 0 Å². The topological polar surface area (TPSA) is 24.9 Å². The molecule has 1 aromatic rings. The number of nitrogens with one attached hydrogen (secondary N) is 1. The van der Waals surface area contributed by atoms with Crippen molar-refractivity contribution in [3.8, 4) is 0 Å². The molecule has 0 atom stereocenters. The summed E-state index contributed by atoms with van der Waals surface area (Å²) in [6, 6.07) is 1.52. The highest BCUT2D eigenvalue weighted by atomic mass is 35.5. The molecule has 1 aromatic heterocycles. The quantitative estimate of drug-likeness (QED) is 0.829. The van der Waals surface area contributed by atoms with Crippen molar-refractivity contribution >= 4 is 11.6 Å². The molecule has 100 valence electrons. The smallest absolute Gasteiger partial charge is 0.141 e. The Morgan fingerprint density at radius 3 is 2.72 bits per heavy atom. The lowest BCUT2D eigenvalue weighted by Crippen LogP contribution is -2.37. The first-order valence-electron chi connectivity index (χ1n) is 6.60. The van der Waals surface area contributed by atoms with Gasteiger partial charge in [-0.25, -0.2) is 4.39 Å². The number of hydrogen-bond acceptors (Lipinski definition) is 2. The predicted molar refractivity (Wildman–Crippen MR) is 72.1 cm³/mol. The molecule has 1 N–H and O–H groups in total. The van der Waals surface area contributed by atoms with Crippen LogP contribution in [0.3, 0.4) is 0 Å². The molecule has 0 aromatic carbocycles. The second-order valence-corrected chi connectivity index (χ2v) is 5.58. The first-order chi connectivity index (χ1) is 8.74. The Balaban J connectivity index is 1.83. The molecule has 4 heteroatoms. The Kier molecular flexibility index (Phi) is 4.95. The van der Waals surface area contributed by atoms with Gasteiger partial charge in [0.1, 0.15) is 5.82 Å². The summed E-state index contributed by atoms with van der Waals surface area (Å²) in [4.78, 5) is 3.85. The van der Waals surface area contributed by atoms with E-state index in [1.54, 1.807) is 6.20 Å². The van der Waals surface area contributed by atoms with Crippen LogP contribution < -0.4 is 5.32 Å². The summed E-state index contributed by atoms with van der Waals surface area (Å²) in [7, 11) is 0. The van der Waals surface area contributed by atoms with Crippen LogP contribution in [0.1, 0.15) is 37.7 Å². The fourth-order valence-corrected chi connectivity index (χ4v) is 3.05. The molecule has 0 bridgehead atoms. The van der Waals surface area contributed by atoms with Crippen LogP contribution in [0.5, 0.6) is 0 Å². The number of nitrogens with zero attached hydrogens (tertiary/aromatic N) is 1. The molecule has 1 aliphatic rings. The van der Waals surface area contributed by atoms with Crippen LogP contribution >= 0.6 is 11.6 Å². The zero-order valence-electron chi connectivity index (χ0n) is 10.6. The standard InChI is InChI=1S/C14H20ClFN2/c15-10-14(4-2-1-3-5-14)11-18-8-12-6-13(16)9-17-7-12/h6-7,9,18H,1-5,8,10-11H2. The third kappa shape index (κ3) is 3.66. The Morgan fingerprint density at radius 1 is 1.28 bits per heavy atom. The lowest BCUT2D eigenvalue weighted by Gasteiger charge is -2.35. The summed E-state index contributed by atoms with van der Waals surface area (Å²) >= 11 is 6.13. The van der Waals surface area contributed by atoms with E-state index in [0.717, 1.165) is 12.1 Å². The van der Waals surface area contributed by atoms with Crippen LogP contribution in [0.4, 0.5) is 4.39 Å². The Bertz CT molecular complexity index is 378. The number of alkyl halides is 1. The molecule has 2 nitrogen and oxygen atoms in total.